The lowest BCUT2D eigenvalue weighted by atomic mass is 10.1. The number of fused-ring (bicyclic) bond motifs is 1. The van der Waals surface area contributed by atoms with Gasteiger partial charge in [0.1, 0.15) is 5.75 Å². The van der Waals surface area contributed by atoms with Crippen LogP contribution in [0.3, 0.4) is 0 Å². The number of hydrogen-bond acceptors (Lipinski definition) is 3. The van der Waals surface area contributed by atoms with Gasteiger partial charge in [-0.2, -0.15) is 0 Å². The Hall–Kier alpha value is -2.49. The minimum absolute atomic E-state index is 0.220. The van der Waals surface area contributed by atoms with Gasteiger partial charge in [-0.25, -0.2) is 0 Å². The van der Waals surface area contributed by atoms with Crippen LogP contribution in [-0.4, -0.2) is 32.7 Å². The molecule has 0 spiro atoms. The molecule has 4 nitrogen and oxygen atoms in total. The molecule has 0 N–H and O–H groups in total. The van der Waals surface area contributed by atoms with Crippen LogP contribution in [0.5, 0.6) is 5.75 Å². The Bertz CT molecular complexity index is 779. The van der Waals surface area contributed by atoms with Crippen LogP contribution in [0.15, 0.2) is 42.5 Å². The van der Waals surface area contributed by atoms with Gasteiger partial charge in [-0.15, -0.1) is 0 Å². The van der Waals surface area contributed by atoms with Crippen LogP contribution in [0.1, 0.15) is 30.4 Å². The van der Waals surface area contributed by atoms with E-state index in [1.54, 1.807) is 7.11 Å². The molecule has 0 saturated carbocycles. The number of hydrogen-bond donors (Lipinski definition) is 0. The Morgan fingerprint density at radius 2 is 1.81 bits per heavy atom. The highest BCUT2D eigenvalue weighted by Crippen LogP contribution is 2.33. The molecule has 2 aliphatic heterocycles. The van der Waals surface area contributed by atoms with Gasteiger partial charge in [-0.1, -0.05) is 18.2 Å². The number of ether oxygens (including phenoxy) is 1. The molecule has 0 atom stereocenters. The number of nitrogens with zero attached hydrogens (tertiary/aromatic N) is 2. The lowest BCUT2D eigenvalue weighted by Gasteiger charge is -2.22. The van der Waals surface area contributed by atoms with Crippen molar-refractivity contribution in [3.63, 3.8) is 0 Å². The summed E-state index contributed by atoms with van der Waals surface area (Å²) in [6.45, 7) is 3.06. The first-order chi connectivity index (χ1) is 12.7. The number of rotatable bonds is 5. The quantitative estimate of drug-likeness (QED) is 0.822. The summed E-state index contributed by atoms with van der Waals surface area (Å²) in [4.78, 5) is 17.2. The number of carbonyl (C=O) groups excluding carboxylic acids is 1. The van der Waals surface area contributed by atoms with E-state index in [1.165, 1.54) is 29.7 Å². The molecule has 0 aliphatic carbocycles. The van der Waals surface area contributed by atoms with Crippen molar-refractivity contribution in [2.75, 3.05) is 36.5 Å². The fourth-order valence-electron chi connectivity index (χ4n) is 3.98. The van der Waals surface area contributed by atoms with Crippen LogP contribution >= 0.6 is 0 Å². The maximum atomic E-state index is 12.8. The first-order valence-electron chi connectivity index (χ1n) is 9.56. The van der Waals surface area contributed by atoms with Gasteiger partial charge < -0.3 is 14.5 Å². The largest absolute Gasteiger partial charge is 0.497 e. The fourth-order valence-corrected chi connectivity index (χ4v) is 3.98. The second kappa shape index (κ2) is 7.40. The molecule has 2 aromatic carbocycles. The average molecular weight is 350 g/mol. The molecule has 0 bridgehead atoms. The van der Waals surface area contributed by atoms with Gasteiger partial charge in [-0.3, -0.25) is 4.79 Å². The molecule has 4 heteroatoms. The second-order valence-electron chi connectivity index (χ2n) is 7.15. The molecule has 1 saturated heterocycles. The van der Waals surface area contributed by atoms with Crippen molar-refractivity contribution in [2.24, 2.45) is 0 Å². The van der Waals surface area contributed by atoms with Crippen LogP contribution in [-0.2, 0) is 17.6 Å². The molecule has 0 unspecified atom stereocenters. The molecular formula is C22H26N2O2. The third kappa shape index (κ3) is 3.41. The number of methoxy groups -OCH3 is 1. The number of benzene rings is 2. The topological polar surface area (TPSA) is 32.8 Å². The van der Waals surface area contributed by atoms with Crippen LogP contribution in [0, 0.1) is 0 Å². The van der Waals surface area contributed by atoms with Crippen molar-refractivity contribution in [2.45, 2.75) is 32.1 Å². The van der Waals surface area contributed by atoms with Gasteiger partial charge in [0.25, 0.3) is 0 Å². The summed E-state index contributed by atoms with van der Waals surface area (Å²) < 4.78 is 5.19. The van der Waals surface area contributed by atoms with Crippen molar-refractivity contribution < 1.29 is 9.53 Å². The number of amides is 1. The van der Waals surface area contributed by atoms with Gasteiger partial charge in [0.2, 0.25) is 5.91 Å². The number of anilines is 2. The minimum atomic E-state index is 0.220. The fraction of sp³-hybridized carbons (Fsp3) is 0.409. The number of carbonyl (C=O) groups is 1. The Balaban J connectivity index is 1.43. The maximum Gasteiger partial charge on any atom is 0.227 e. The zero-order valence-electron chi connectivity index (χ0n) is 15.4. The Labute approximate surface area is 155 Å². The van der Waals surface area contributed by atoms with Gasteiger partial charge in [0.15, 0.2) is 0 Å². The minimum Gasteiger partial charge on any atom is -0.497 e. The van der Waals surface area contributed by atoms with Crippen molar-refractivity contribution in [3.05, 3.63) is 53.6 Å². The van der Waals surface area contributed by atoms with Gasteiger partial charge in [-0.05, 0) is 61.1 Å². The molecule has 136 valence electrons. The lowest BCUT2D eigenvalue weighted by molar-refractivity contribution is -0.118. The first kappa shape index (κ1) is 17.0. The second-order valence-corrected chi connectivity index (χ2v) is 7.15. The maximum absolute atomic E-state index is 12.8. The van der Waals surface area contributed by atoms with Crippen LogP contribution in [0.2, 0.25) is 0 Å². The molecule has 2 aliphatic rings. The average Bonchev–Trinajstić information content (AvgIpc) is 3.35. The van der Waals surface area contributed by atoms with Crippen molar-refractivity contribution in [1.82, 2.24) is 0 Å². The standard InChI is InChI=1S/C22H26N2O2/c1-26-20-9-4-17(5-10-20)6-11-22(25)24-15-12-18-7-8-19(16-21(18)24)23-13-2-3-14-23/h4-5,7-10,16H,2-3,6,11-15H2,1H3. The Morgan fingerprint density at radius 1 is 1.04 bits per heavy atom. The third-order valence-corrected chi connectivity index (χ3v) is 5.52. The SMILES string of the molecule is COc1ccc(CCC(=O)N2CCc3ccc(N4CCCC4)cc32)cc1. The van der Waals surface area contributed by atoms with Gasteiger partial charge in [0.05, 0.1) is 7.11 Å². The highest BCUT2D eigenvalue weighted by molar-refractivity contribution is 5.96. The summed E-state index contributed by atoms with van der Waals surface area (Å²) in [5.74, 6) is 1.07. The van der Waals surface area contributed by atoms with E-state index in [0.717, 1.165) is 43.9 Å². The summed E-state index contributed by atoms with van der Waals surface area (Å²) in [5.41, 5.74) is 4.85. The Kier molecular flexibility index (Phi) is 4.83. The smallest absolute Gasteiger partial charge is 0.227 e. The van der Waals surface area contributed by atoms with E-state index in [-0.39, 0.29) is 5.91 Å². The van der Waals surface area contributed by atoms with E-state index in [1.807, 2.05) is 29.2 Å². The van der Waals surface area contributed by atoms with Crippen LogP contribution in [0.4, 0.5) is 11.4 Å². The molecule has 0 aromatic heterocycles. The van der Waals surface area contributed by atoms with Crippen molar-refractivity contribution >= 4 is 17.3 Å². The molecule has 2 aromatic rings. The Morgan fingerprint density at radius 3 is 2.54 bits per heavy atom. The monoisotopic (exact) mass is 350 g/mol. The normalized spacial score (nSPS) is 16.0. The zero-order valence-corrected chi connectivity index (χ0v) is 15.4. The molecule has 26 heavy (non-hydrogen) atoms. The van der Waals surface area contributed by atoms with Crippen LogP contribution < -0.4 is 14.5 Å². The molecular weight excluding hydrogens is 324 g/mol. The van der Waals surface area contributed by atoms with Crippen molar-refractivity contribution in [1.29, 1.82) is 0 Å². The van der Waals surface area contributed by atoms with E-state index in [4.69, 9.17) is 4.74 Å². The van der Waals surface area contributed by atoms with Crippen LogP contribution in [0.25, 0.3) is 0 Å². The van der Waals surface area contributed by atoms with Crippen molar-refractivity contribution in [3.8, 4) is 5.75 Å². The third-order valence-electron chi connectivity index (χ3n) is 5.52. The first-order valence-corrected chi connectivity index (χ1v) is 9.56. The van der Waals surface area contributed by atoms with E-state index >= 15 is 0 Å². The van der Waals surface area contributed by atoms with E-state index in [0.29, 0.717) is 6.42 Å². The summed E-state index contributed by atoms with van der Waals surface area (Å²) in [6, 6.07) is 14.6. The molecule has 1 amide bonds. The highest BCUT2D eigenvalue weighted by atomic mass is 16.5. The predicted molar refractivity (Wildman–Crippen MR) is 105 cm³/mol. The summed E-state index contributed by atoms with van der Waals surface area (Å²) in [6.07, 6.45) is 4.80. The molecule has 4 rings (SSSR count). The zero-order chi connectivity index (χ0) is 17.9. The lowest BCUT2D eigenvalue weighted by Crippen LogP contribution is -2.29. The van der Waals surface area contributed by atoms with Gasteiger partial charge in [0, 0.05) is 37.4 Å². The summed E-state index contributed by atoms with van der Waals surface area (Å²) in [7, 11) is 1.67. The number of aryl methyl sites for hydroxylation is 1. The molecule has 2 heterocycles. The van der Waals surface area contributed by atoms with E-state index < -0.39 is 0 Å². The van der Waals surface area contributed by atoms with Gasteiger partial charge >= 0.3 is 0 Å². The summed E-state index contributed by atoms with van der Waals surface area (Å²) >= 11 is 0. The predicted octanol–water partition coefficient (Wildman–Crippen LogP) is 3.82. The highest BCUT2D eigenvalue weighted by Gasteiger charge is 2.25. The molecule has 1 fully saturated rings. The van der Waals surface area contributed by atoms with E-state index in [9.17, 15) is 4.79 Å². The van der Waals surface area contributed by atoms with E-state index in [2.05, 4.69) is 23.1 Å². The molecule has 0 radical (unpaired) electrons. The summed E-state index contributed by atoms with van der Waals surface area (Å²) in [5, 5.41) is 0.